The quantitative estimate of drug-likeness (QED) is 0.378. The summed E-state index contributed by atoms with van der Waals surface area (Å²) >= 11 is 0. The molecule has 1 aromatic carbocycles. The van der Waals surface area contributed by atoms with E-state index in [9.17, 15) is 0 Å². The molecule has 1 aliphatic heterocycles. The van der Waals surface area contributed by atoms with Gasteiger partial charge in [0.25, 0.3) is 0 Å². The lowest BCUT2D eigenvalue weighted by Crippen LogP contribution is -2.38. The number of nitrogens with two attached hydrogens (primary N) is 1. The fraction of sp³-hybridized carbons (Fsp3) is 0.533. The molecule has 1 aliphatic rings. The van der Waals surface area contributed by atoms with Crippen molar-refractivity contribution in [1.29, 1.82) is 0 Å². The molecule has 3 N–H and O–H groups in total. The number of amidine groups is 1. The van der Waals surface area contributed by atoms with Crippen LogP contribution in [0.4, 0.5) is 0 Å². The van der Waals surface area contributed by atoms with Crippen molar-refractivity contribution in [2.75, 3.05) is 13.1 Å². The highest BCUT2D eigenvalue weighted by atomic mass is 16.4. The molecule has 0 aromatic heterocycles. The molecule has 0 aliphatic carbocycles. The highest BCUT2D eigenvalue weighted by Gasteiger charge is 2.25. The third kappa shape index (κ3) is 3.26. The van der Waals surface area contributed by atoms with Gasteiger partial charge in [-0.2, -0.15) is 0 Å². The SMILES string of the molecule is CC(C)(CCN1CCc2ccccc2C1)C(N)=NO. The van der Waals surface area contributed by atoms with Crippen LogP contribution in [0.15, 0.2) is 29.4 Å². The van der Waals surface area contributed by atoms with Crippen molar-refractivity contribution in [3.05, 3.63) is 35.4 Å². The van der Waals surface area contributed by atoms with Gasteiger partial charge in [-0.3, -0.25) is 4.90 Å². The van der Waals surface area contributed by atoms with Gasteiger partial charge in [0.2, 0.25) is 0 Å². The van der Waals surface area contributed by atoms with Crippen LogP contribution in [0, 0.1) is 5.41 Å². The maximum absolute atomic E-state index is 8.79. The van der Waals surface area contributed by atoms with Gasteiger partial charge < -0.3 is 10.9 Å². The standard InChI is InChI=1S/C15H23N3O/c1-15(2,14(16)17-19)8-10-18-9-7-12-5-3-4-6-13(12)11-18/h3-6,19H,7-11H2,1-2H3,(H2,16,17). The van der Waals surface area contributed by atoms with Crippen molar-refractivity contribution in [2.24, 2.45) is 16.3 Å². The predicted octanol–water partition coefficient (Wildman–Crippen LogP) is 2.21. The van der Waals surface area contributed by atoms with Gasteiger partial charge in [0.1, 0.15) is 5.84 Å². The highest BCUT2D eigenvalue weighted by Crippen LogP contribution is 2.24. The Morgan fingerprint density at radius 3 is 2.74 bits per heavy atom. The Morgan fingerprint density at radius 2 is 2.05 bits per heavy atom. The topological polar surface area (TPSA) is 61.8 Å². The molecule has 104 valence electrons. The lowest BCUT2D eigenvalue weighted by Gasteiger charge is -2.32. The minimum atomic E-state index is -0.258. The average molecular weight is 261 g/mol. The van der Waals surface area contributed by atoms with Gasteiger partial charge in [0.15, 0.2) is 0 Å². The number of nitrogens with zero attached hydrogens (tertiary/aromatic N) is 2. The van der Waals surface area contributed by atoms with Gasteiger partial charge in [0.05, 0.1) is 0 Å². The van der Waals surface area contributed by atoms with Crippen molar-refractivity contribution in [3.63, 3.8) is 0 Å². The summed E-state index contributed by atoms with van der Waals surface area (Å²) in [5.41, 5.74) is 8.36. The number of fused-ring (bicyclic) bond motifs is 1. The molecule has 19 heavy (non-hydrogen) atoms. The van der Waals surface area contributed by atoms with E-state index in [1.807, 2.05) is 13.8 Å². The maximum atomic E-state index is 8.79. The number of benzene rings is 1. The first-order valence-corrected chi connectivity index (χ1v) is 6.80. The molecular weight excluding hydrogens is 238 g/mol. The van der Waals surface area contributed by atoms with Crippen LogP contribution in [0.2, 0.25) is 0 Å². The van der Waals surface area contributed by atoms with Crippen LogP contribution in [0.3, 0.4) is 0 Å². The zero-order chi connectivity index (χ0) is 13.9. The molecule has 4 nitrogen and oxygen atoms in total. The highest BCUT2D eigenvalue weighted by molar-refractivity contribution is 5.85. The molecule has 0 amide bonds. The van der Waals surface area contributed by atoms with Gasteiger partial charge in [-0.1, -0.05) is 43.3 Å². The first-order valence-electron chi connectivity index (χ1n) is 6.80. The van der Waals surface area contributed by atoms with Crippen LogP contribution in [0.1, 0.15) is 31.4 Å². The van der Waals surface area contributed by atoms with E-state index in [4.69, 9.17) is 10.9 Å². The minimum absolute atomic E-state index is 0.258. The zero-order valence-electron chi connectivity index (χ0n) is 11.8. The molecule has 0 unspecified atom stereocenters. The Kier molecular flexibility index (Phi) is 4.10. The van der Waals surface area contributed by atoms with Crippen LogP contribution in [0.25, 0.3) is 0 Å². The van der Waals surface area contributed by atoms with E-state index in [0.29, 0.717) is 5.84 Å². The van der Waals surface area contributed by atoms with E-state index < -0.39 is 0 Å². The molecular formula is C15H23N3O. The Bertz CT molecular complexity index is 468. The van der Waals surface area contributed by atoms with E-state index in [1.54, 1.807) is 0 Å². The largest absolute Gasteiger partial charge is 0.409 e. The van der Waals surface area contributed by atoms with Gasteiger partial charge in [0, 0.05) is 18.5 Å². The third-order valence-corrected chi connectivity index (χ3v) is 4.06. The van der Waals surface area contributed by atoms with Crippen LogP contribution in [-0.4, -0.2) is 29.0 Å². The minimum Gasteiger partial charge on any atom is -0.409 e. The first-order chi connectivity index (χ1) is 9.03. The summed E-state index contributed by atoms with van der Waals surface area (Å²) in [4.78, 5) is 2.44. The third-order valence-electron chi connectivity index (χ3n) is 4.06. The summed E-state index contributed by atoms with van der Waals surface area (Å²) in [6, 6.07) is 8.63. The summed E-state index contributed by atoms with van der Waals surface area (Å²) in [7, 11) is 0. The molecule has 0 saturated carbocycles. The molecule has 0 radical (unpaired) electrons. The Labute approximate surface area is 114 Å². The summed E-state index contributed by atoms with van der Waals surface area (Å²) in [6.45, 7) is 7.09. The Hall–Kier alpha value is -1.55. The van der Waals surface area contributed by atoms with E-state index in [2.05, 4.69) is 34.3 Å². The molecule has 0 fully saturated rings. The lowest BCUT2D eigenvalue weighted by molar-refractivity contribution is 0.225. The van der Waals surface area contributed by atoms with Gasteiger partial charge in [-0.05, 0) is 30.5 Å². The Balaban J connectivity index is 1.93. The van der Waals surface area contributed by atoms with Crippen molar-refractivity contribution in [2.45, 2.75) is 33.2 Å². The molecule has 0 saturated heterocycles. The molecule has 2 rings (SSSR count). The normalized spacial score (nSPS) is 17.3. The summed E-state index contributed by atoms with van der Waals surface area (Å²) in [6.07, 6.45) is 2.01. The van der Waals surface area contributed by atoms with Crippen LogP contribution in [0.5, 0.6) is 0 Å². The summed E-state index contributed by atoms with van der Waals surface area (Å²) < 4.78 is 0. The average Bonchev–Trinajstić information content (AvgIpc) is 2.44. The summed E-state index contributed by atoms with van der Waals surface area (Å²) in [5.74, 6) is 0.310. The van der Waals surface area contributed by atoms with Crippen molar-refractivity contribution >= 4 is 5.84 Å². The molecule has 0 spiro atoms. The number of oxime groups is 1. The monoisotopic (exact) mass is 261 g/mol. The second kappa shape index (κ2) is 5.61. The lowest BCUT2D eigenvalue weighted by atomic mass is 9.87. The Morgan fingerprint density at radius 1 is 1.37 bits per heavy atom. The van der Waals surface area contributed by atoms with E-state index in [1.165, 1.54) is 11.1 Å². The maximum Gasteiger partial charge on any atom is 0.144 e. The second-order valence-electron chi connectivity index (χ2n) is 5.91. The predicted molar refractivity (Wildman–Crippen MR) is 77.2 cm³/mol. The smallest absolute Gasteiger partial charge is 0.144 e. The molecule has 0 atom stereocenters. The molecule has 1 aromatic rings. The number of rotatable bonds is 4. The van der Waals surface area contributed by atoms with Gasteiger partial charge in [-0.15, -0.1) is 0 Å². The van der Waals surface area contributed by atoms with Crippen molar-refractivity contribution in [1.82, 2.24) is 4.90 Å². The van der Waals surface area contributed by atoms with Crippen LogP contribution in [-0.2, 0) is 13.0 Å². The van der Waals surface area contributed by atoms with Gasteiger partial charge in [-0.25, -0.2) is 0 Å². The van der Waals surface area contributed by atoms with Crippen molar-refractivity contribution in [3.8, 4) is 0 Å². The summed E-state index contributed by atoms with van der Waals surface area (Å²) in [5, 5.41) is 11.9. The molecule has 0 bridgehead atoms. The van der Waals surface area contributed by atoms with Crippen molar-refractivity contribution < 1.29 is 5.21 Å². The molecule has 1 heterocycles. The first kappa shape index (κ1) is 13.9. The number of hydrogen-bond acceptors (Lipinski definition) is 3. The fourth-order valence-electron chi connectivity index (χ4n) is 2.45. The second-order valence-corrected chi connectivity index (χ2v) is 5.91. The van der Waals surface area contributed by atoms with Crippen LogP contribution < -0.4 is 5.73 Å². The molecule has 4 heteroatoms. The van der Waals surface area contributed by atoms with Gasteiger partial charge >= 0.3 is 0 Å². The van der Waals surface area contributed by atoms with E-state index in [0.717, 1.165) is 32.5 Å². The van der Waals surface area contributed by atoms with E-state index >= 15 is 0 Å². The number of hydrogen-bond donors (Lipinski definition) is 2. The van der Waals surface area contributed by atoms with E-state index in [-0.39, 0.29) is 5.41 Å². The fourth-order valence-corrected chi connectivity index (χ4v) is 2.45. The zero-order valence-corrected chi connectivity index (χ0v) is 11.8. The van der Waals surface area contributed by atoms with Crippen LogP contribution >= 0.6 is 0 Å².